The molecule has 6 aromatic rings. The second-order valence-corrected chi connectivity index (χ2v) is 10.0. The number of carbonyl (C=O) groups is 1. The van der Waals surface area contributed by atoms with Crippen LogP contribution in [0.1, 0.15) is 59.0 Å². The van der Waals surface area contributed by atoms with Gasteiger partial charge in [-0.05, 0) is 78.4 Å². The Labute approximate surface area is 257 Å². The molecule has 7 rings (SSSR count). The van der Waals surface area contributed by atoms with Crippen molar-refractivity contribution in [1.29, 1.82) is 0 Å². The van der Waals surface area contributed by atoms with Crippen molar-refractivity contribution in [3.63, 3.8) is 0 Å². The van der Waals surface area contributed by atoms with Crippen LogP contribution in [0.3, 0.4) is 0 Å². The first kappa shape index (κ1) is 23.8. The van der Waals surface area contributed by atoms with Crippen molar-refractivity contribution in [1.82, 2.24) is 4.98 Å². The molecule has 0 amide bonds. The van der Waals surface area contributed by atoms with Crippen molar-refractivity contribution in [2.45, 2.75) is 45.1 Å². The first-order chi connectivity index (χ1) is 20.9. The summed E-state index contributed by atoms with van der Waals surface area (Å²) in [5, 5.41) is 12.2. The van der Waals surface area contributed by atoms with Crippen molar-refractivity contribution in [2.75, 3.05) is 0 Å². The smallest absolute Gasteiger partial charge is 0.163 e. The molecule has 2 atom stereocenters. The molecule has 2 unspecified atom stereocenters. The molecule has 4 nitrogen and oxygen atoms in total. The van der Waals surface area contributed by atoms with Crippen LogP contribution in [0.25, 0.3) is 44.0 Å². The van der Waals surface area contributed by atoms with Crippen LogP contribution in [-0.2, 0) is 20.1 Å². The minimum absolute atomic E-state index is 0. The molecule has 6 heteroatoms. The number of alkyl halides is 1. The maximum absolute atomic E-state index is 13.9. The number of pyridine rings is 1. The first-order valence-electron chi connectivity index (χ1n) is 15.2. The van der Waals surface area contributed by atoms with Gasteiger partial charge >= 0.3 is 0 Å². The van der Waals surface area contributed by atoms with Gasteiger partial charge in [0.2, 0.25) is 0 Å². The van der Waals surface area contributed by atoms with Gasteiger partial charge in [0.15, 0.2) is 5.78 Å². The summed E-state index contributed by atoms with van der Waals surface area (Å²) in [6, 6.07) is 26.2. The number of rotatable bonds is 3. The molecule has 0 aliphatic heterocycles. The van der Waals surface area contributed by atoms with E-state index >= 15 is 0 Å². The van der Waals surface area contributed by atoms with Crippen LogP contribution in [0.5, 0.6) is 5.75 Å². The van der Waals surface area contributed by atoms with E-state index in [2.05, 4.69) is 11.1 Å². The van der Waals surface area contributed by atoms with E-state index in [0.29, 0.717) is 46.2 Å². The van der Waals surface area contributed by atoms with Gasteiger partial charge in [-0.15, -0.1) is 17.7 Å². The normalized spacial score (nSPS) is 19.9. The fourth-order valence-electron chi connectivity index (χ4n) is 5.37. The average molecular weight is 727 g/mol. The second kappa shape index (κ2) is 11.9. The molecular formula is C35H29FIrNO3-. The average Bonchev–Trinajstić information content (AvgIpc) is 3.56. The van der Waals surface area contributed by atoms with E-state index in [1.54, 1.807) is 30.5 Å². The van der Waals surface area contributed by atoms with E-state index in [1.807, 2.05) is 48.5 Å². The Morgan fingerprint density at radius 3 is 2.59 bits per heavy atom. The molecule has 1 N–H and O–H groups in total. The maximum atomic E-state index is 13.9. The first-order valence-corrected chi connectivity index (χ1v) is 13.2. The van der Waals surface area contributed by atoms with Gasteiger partial charge in [0.05, 0.1) is 11.1 Å². The number of aromatic nitrogens is 1. The van der Waals surface area contributed by atoms with E-state index in [9.17, 15) is 9.18 Å². The van der Waals surface area contributed by atoms with Crippen LogP contribution in [0.15, 0.2) is 89.5 Å². The molecule has 2 aromatic heterocycles. The summed E-state index contributed by atoms with van der Waals surface area (Å²) in [5.74, 6) is -0.996. The van der Waals surface area contributed by atoms with Gasteiger partial charge in [-0.1, -0.05) is 66.3 Å². The van der Waals surface area contributed by atoms with Gasteiger partial charge in [-0.25, -0.2) is 4.39 Å². The number of hydrogen-bond acceptors (Lipinski definition) is 4. The van der Waals surface area contributed by atoms with Crippen molar-refractivity contribution < 1.29 is 44.3 Å². The standard InChI is InChI=1S/C27H21FNO.C8H8O2.Ir/c1-16-12-23-22-4-2-3-5-25(22)30-27(23)24(13-16)26-21-9-7-17(14-19(21)10-11-29-26)18-6-8-20(28)15-18;1-6(9)7-4-2-3-5-8(7)10;/h2-5,7,9-12,14,18,20H,6,8,15H2,1H3;2-5,10H,1H3;/q-1;;/i1D3,18D;;. The molecule has 4 aromatic carbocycles. The number of furan rings is 1. The topological polar surface area (TPSA) is 63.3 Å². The quantitative estimate of drug-likeness (QED) is 0.146. The molecule has 2 heterocycles. The zero-order chi connectivity index (χ0) is 31.2. The molecule has 41 heavy (non-hydrogen) atoms. The monoisotopic (exact) mass is 727 g/mol. The summed E-state index contributed by atoms with van der Waals surface area (Å²) in [5.41, 5.74) is 3.51. The third-order valence-electron chi connectivity index (χ3n) is 7.33. The van der Waals surface area contributed by atoms with Gasteiger partial charge in [0.25, 0.3) is 0 Å². The fraction of sp³-hybridized carbons (Fsp3) is 0.200. The Balaban J connectivity index is 0.000000313. The summed E-state index contributed by atoms with van der Waals surface area (Å²) in [7, 11) is 0. The summed E-state index contributed by atoms with van der Waals surface area (Å²) in [4.78, 5) is 15.3. The second-order valence-electron chi connectivity index (χ2n) is 10.0. The van der Waals surface area contributed by atoms with Crippen LogP contribution in [0, 0.1) is 12.9 Å². The van der Waals surface area contributed by atoms with Gasteiger partial charge in [-0.2, -0.15) is 0 Å². The number of para-hydroxylation sites is 2. The van der Waals surface area contributed by atoms with Gasteiger partial charge in [0.1, 0.15) is 17.5 Å². The number of hydrogen-bond donors (Lipinski definition) is 1. The van der Waals surface area contributed by atoms with Crippen molar-refractivity contribution in [2.24, 2.45) is 0 Å². The Morgan fingerprint density at radius 2 is 1.85 bits per heavy atom. The fourth-order valence-corrected chi connectivity index (χ4v) is 5.37. The minimum Gasteiger partial charge on any atom is -0.507 e. The molecular weight excluding hydrogens is 694 g/mol. The molecule has 0 spiro atoms. The summed E-state index contributed by atoms with van der Waals surface area (Å²) in [6.07, 6.45) is 1.81. The number of aromatic hydroxyl groups is 1. The molecule has 0 saturated heterocycles. The third kappa shape index (κ3) is 5.68. The SMILES string of the molecule is CC(=O)c1ccccc1O.[2H]C([2H])([2H])c1[c-]c(-c2nccc3cc(C4([2H])CCC(F)C4)ccc23)c2oc3ccccc3c2c1.[Ir]. The van der Waals surface area contributed by atoms with Crippen LogP contribution in [0.2, 0.25) is 0 Å². The van der Waals surface area contributed by atoms with E-state index < -0.39 is 18.9 Å². The third-order valence-corrected chi connectivity index (χ3v) is 7.33. The number of phenolic OH excluding ortho intramolecular Hbond substituents is 1. The summed E-state index contributed by atoms with van der Waals surface area (Å²) in [6.45, 7) is -0.920. The Morgan fingerprint density at radius 1 is 1.05 bits per heavy atom. The maximum Gasteiger partial charge on any atom is 0.163 e. The zero-order valence-electron chi connectivity index (χ0n) is 26.2. The number of Topliss-reactive ketones (excluding diaryl/α,β-unsaturated/α-hetero) is 1. The summed E-state index contributed by atoms with van der Waals surface area (Å²) >= 11 is 0. The number of carbonyl (C=O) groups excluding carboxylic acids is 1. The number of phenols is 1. The van der Waals surface area contributed by atoms with E-state index in [1.165, 1.54) is 13.0 Å². The van der Waals surface area contributed by atoms with Gasteiger partial charge < -0.3 is 14.5 Å². The summed E-state index contributed by atoms with van der Waals surface area (Å²) < 4.78 is 52.8. The molecule has 1 fully saturated rings. The van der Waals surface area contributed by atoms with Crippen LogP contribution >= 0.6 is 0 Å². The molecule has 1 aliphatic rings. The van der Waals surface area contributed by atoms with E-state index in [0.717, 1.165) is 21.7 Å². The number of nitrogens with zero attached hydrogens (tertiary/aromatic N) is 1. The number of fused-ring (bicyclic) bond motifs is 4. The van der Waals surface area contributed by atoms with Crippen molar-refractivity contribution in [3.05, 3.63) is 108 Å². The number of ketones is 1. The number of benzene rings is 4. The predicted octanol–water partition coefficient (Wildman–Crippen LogP) is 9.11. The van der Waals surface area contributed by atoms with E-state index in [-0.39, 0.29) is 43.6 Å². The molecule has 1 saturated carbocycles. The molecule has 209 valence electrons. The van der Waals surface area contributed by atoms with Crippen LogP contribution < -0.4 is 0 Å². The van der Waals surface area contributed by atoms with Crippen LogP contribution in [-0.4, -0.2) is 22.0 Å². The Bertz CT molecular complexity index is 2040. The zero-order valence-corrected chi connectivity index (χ0v) is 24.6. The molecule has 0 bridgehead atoms. The van der Waals surface area contributed by atoms with Crippen LogP contribution in [0.4, 0.5) is 4.39 Å². The predicted molar refractivity (Wildman–Crippen MR) is 158 cm³/mol. The number of aryl methyl sites for hydroxylation is 1. The largest absolute Gasteiger partial charge is 0.507 e. The Hall–Kier alpha value is -3.86. The molecule has 1 radical (unpaired) electrons. The van der Waals surface area contributed by atoms with Gasteiger partial charge in [0, 0.05) is 37.2 Å². The van der Waals surface area contributed by atoms with Crippen molar-refractivity contribution in [3.8, 4) is 17.0 Å². The number of halogens is 1. The van der Waals surface area contributed by atoms with E-state index in [4.69, 9.17) is 15.0 Å². The van der Waals surface area contributed by atoms with Gasteiger partial charge in [-0.3, -0.25) is 4.79 Å². The minimum atomic E-state index is -2.35. The Kier molecular flexibility index (Phi) is 6.93. The molecule has 1 aliphatic carbocycles. The van der Waals surface area contributed by atoms with Crippen molar-refractivity contribution >= 4 is 38.5 Å².